The van der Waals surface area contributed by atoms with Crippen molar-refractivity contribution in [3.63, 3.8) is 0 Å². The Labute approximate surface area is 93.0 Å². The van der Waals surface area contributed by atoms with Gasteiger partial charge in [0, 0.05) is 5.56 Å². The Morgan fingerprint density at radius 2 is 1.93 bits per heavy atom. The van der Waals surface area contributed by atoms with Crippen LogP contribution in [0.1, 0.15) is 12.5 Å². The van der Waals surface area contributed by atoms with E-state index < -0.39 is 5.83 Å². The Balaban J connectivity index is 3.06. The number of hydrogen-bond donors (Lipinski definition) is 0. The van der Waals surface area contributed by atoms with E-state index in [1.54, 1.807) is 37.3 Å². The van der Waals surface area contributed by atoms with Crippen molar-refractivity contribution in [2.75, 3.05) is 7.11 Å². The largest absolute Gasteiger partial charge is 0.399 e. The Morgan fingerprint density at radius 1 is 1.33 bits per heavy atom. The molecule has 0 spiro atoms. The summed E-state index contributed by atoms with van der Waals surface area (Å²) in [6.07, 6.45) is 0. The van der Waals surface area contributed by atoms with E-state index >= 15 is 0 Å². The van der Waals surface area contributed by atoms with Gasteiger partial charge in [-0.2, -0.15) is 0 Å². The summed E-state index contributed by atoms with van der Waals surface area (Å²) in [6.45, 7) is 1.58. The Morgan fingerprint density at radius 3 is 2.47 bits per heavy atom. The summed E-state index contributed by atoms with van der Waals surface area (Å²) in [4.78, 5) is 4.51. The van der Waals surface area contributed by atoms with Crippen molar-refractivity contribution >= 4 is 23.1 Å². The molecule has 1 aromatic rings. The van der Waals surface area contributed by atoms with Crippen LogP contribution in [0.5, 0.6) is 0 Å². The summed E-state index contributed by atoms with van der Waals surface area (Å²) in [5.74, 6) is -0.504. The van der Waals surface area contributed by atoms with Crippen LogP contribution >= 0.6 is 11.6 Å². The molecule has 0 aliphatic rings. The minimum atomic E-state index is -0.504. The fourth-order valence-corrected chi connectivity index (χ4v) is 1.19. The Hall–Kier alpha value is -1.35. The normalized spacial score (nSPS) is 13.5. The highest BCUT2D eigenvalue weighted by atomic mass is 35.5. The molecular formula is C11H11ClFNO. The van der Waals surface area contributed by atoms with Crippen molar-refractivity contribution in [2.24, 2.45) is 5.16 Å². The van der Waals surface area contributed by atoms with Crippen molar-refractivity contribution in [3.8, 4) is 0 Å². The highest BCUT2D eigenvalue weighted by molar-refractivity contribution is 6.45. The summed E-state index contributed by atoms with van der Waals surface area (Å²) in [5.41, 5.74) is 0.730. The molecule has 0 aromatic heterocycles. The standard InChI is InChI=1S/C11H11ClFNO/c1-8(14-15-2)10(12)11(13)9-6-4-3-5-7-9/h3-7H,1-2H3/b11-10+,14-8+. The minimum Gasteiger partial charge on any atom is -0.399 e. The minimum absolute atomic E-state index is 0.0388. The molecule has 0 fully saturated rings. The van der Waals surface area contributed by atoms with Crippen LogP contribution in [0.25, 0.3) is 5.83 Å². The third kappa shape index (κ3) is 3.06. The molecule has 15 heavy (non-hydrogen) atoms. The van der Waals surface area contributed by atoms with Crippen LogP contribution in [-0.4, -0.2) is 12.8 Å². The van der Waals surface area contributed by atoms with E-state index in [4.69, 9.17) is 11.6 Å². The van der Waals surface area contributed by atoms with Crippen LogP contribution < -0.4 is 0 Å². The van der Waals surface area contributed by atoms with Gasteiger partial charge in [0.1, 0.15) is 12.1 Å². The molecule has 0 atom stereocenters. The monoisotopic (exact) mass is 227 g/mol. The summed E-state index contributed by atoms with van der Waals surface area (Å²) in [5, 5.41) is 3.52. The molecular weight excluding hydrogens is 217 g/mol. The van der Waals surface area contributed by atoms with Gasteiger partial charge in [-0.3, -0.25) is 0 Å². The van der Waals surface area contributed by atoms with E-state index in [1.807, 2.05) is 0 Å². The first-order valence-corrected chi connectivity index (χ1v) is 4.73. The summed E-state index contributed by atoms with van der Waals surface area (Å²) in [7, 11) is 1.38. The number of benzene rings is 1. The molecule has 0 N–H and O–H groups in total. The summed E-state index contributed by atoms with van der Waals surface area (Å²) < 4.78 is 13.7. The molecule has 1 rings (SSSR count). The van der Waals surface area contributed by atoms with E-state index in [0.29, 0.717) is 11.3 Å². The first kappa shape index (κ1) is 11.7. The number of rotatable bonds is 3. The topological polar surface area (TPSA) is 21.6 Å². The van der Waals surface area contributed by atoms with Crippen molar-refractivity contribution in [1.29, 1.82) is 0 Å². The summed E-state index contributed by atoms with van der Waals surface area (Å²) in [6, 6.07) is 8.56. The fraction of sp³-hybridized carbons (Fsp3) is 0.182. The zero-order valence-corrected chi connectivity index (χ0v) is 9.25. The van der Waals surface area contributed by atoms with Crippen LogP contribution in [0.2, 0.25) is 0 Å². The molecule has 0 aliphatic heterocycles. The molecule has 4 heteroatoms. The lowest BCUT2D eigenvalue weighted by Gasteiger charge is -2.01. The van der Waals surface area contributed by atoms with Gasteiger partial charge in [0.05, 0.1) is 5.71 Å². The molecule has 80 valence electrons. The predicted octanol–water partition coefficient (Wildman–Crippen LogP) is 3.59. The molecule has 0 radical (unpaired) electrons. The lowest BCUT2D eigenvalue weighted by molar-refractivity contribution is 0.213. The van der Waals surface area contributed by atoms with E-state index in [1.165, 1.54) is 7.11 Å². The lowest BCUT2D eigenvalue weighted by Crippen LogP contribution is -1.94. The third-order valence-electron chi connectivity index (χ3n) is 1.77. The molecule has 0 aliphatic carbocycles. The molecule has 1 aromatic carbocycles. The Kier molecular flexibility index (Phi) is 4.31. The van der Waals surface area contributed by atoms with Gasteiger partial charge in [-0.05, 0) is 6.92 Å². The highest BCUT2D eigenvalue weighted by Gasteiger charge is 2.09. The van der Waals surface area contributed by atoms with Crippen molar-refractivity contribution < 1.29 is 9.23 Å². The van der Waals surface area contributed by atoms with Crippen molar-refractivity contribution in [2.45, 2.75) is 6.92 Å². The average molecular weight is 228 g/mol. The average Bonchev–Trinajstić information content (AvgIpc) is 2.28. The van der Waals surface area contributed by atoms with Crippen LogP contribution in [-0.2, 0) is 4.84 Å². The molecule has 0 bridgehead atoms. The second-order valence-corrected chi connectivity index (χ2v) is 3.23. The zero-order chi connectivity index (χ0) is 11.3. The first-order valence-electron chi connectivity index (χ1n) is 4.35. The molecule has 0 saturated carbocycles. The number of hydrogen-bond acceptors (Lipinski definition) is 2. The predicted molar refractivity (Wildman–Crippen MR) is 60.4 cm³/mol. The van der Waals surface area contributed by atoms with Gasteiger partial charge in [-0.25, -0.2) is 4.39 Å². The van der Waals surface area contributed by atoms with E-state index in [2.05, 4.69) is 9.99 Å². The highest BCUT2D eigenvalue weighted by Crippen LogP contribution is 2.23. The van der Waals surface area contributed by atoms with Crippen LogP contribution in [0.3, 0.4) is 0 Å². The number of allylic oxidation sites excluding steroid dienone is 1. The van der Waals surface area contributed by atoms with Crippen LogP contribution in [0, 0.1) is 0 Å². The number of nitrogens with zero attached hydrogens (tertiary/aromatic N) is 1. The van der Waals surface area contributed by atoms with Crippen LogP contribution in [0.4, 0.5) is 4.39 Å². The molecule has 0 saturated heterocycles. The second-order valence-electron chi connectivity index (χ2n) is 2.85. The number of halogens is 2. The Bertz CT molecular complexity index is 387. The SMILES string of the molecule is CO/N=C(C)/C(Cl)=C(\F)c1ccccc1. The molecule has 2 nitrogen and oxygen atoms in total. The molecule has 0 heterocycles. The van der Waals surface area contributed by atoms with Gasteiger partial charge in [-0.15, -0.1) is 0 Å². The maximum atomic E-state index is 13.7. The van der Waals surface area contributed by atoms with E-state index in [9.17, 15) is 4.39 Å². The molecule has 0 unspecified atom stereocenters. The van der Waals surface area contributed by atoms with Gasteiger partial charge < -0.3 is 4.84 Å². The van der Waals surface area contributed by atoms with E-state index in [0.717, 1.165) is 0 Å². The first-order chi connectivity index (χ1) is 7.16. The van der Waals surface area contributed by atoms with Crippen LogP contribution in [0.15, 0.2) is 40.5 Å². The fourth-order valence-electron chi connectivity index (χ4n) is 1.05. The van der Waals surface area contributed by atoms with Gasteiger partial charge in [0.25, 0.3) is 0 Å². The van der Waals surface area contributed by atoms with Gasteiger partial charge >= 0.3 is 0 Å². The lowest BCUT2D eigenvalue weighted by atomic mass is 10.2. The summed E-state index contributed by atoms with van der Waals surface area (Å²) >= 11 is 5.79. The maximum Gasteiger partial charge on any atom is 0.150 e. The third-order valence-corrected chi connectivity index (χ3v) is 2.21. The van der Waals surface area contributed by atoms with E-state index in [-0.39, 0.29) is 5.03 Å². The van der Waals surface area contributed by atoms with Gasteiger partial charge in [0.2, 0.25) is 0 Å². The maximum absolute atomic E-state index is 13.7. The van der Waals surface area contributed by atoms with Gasteiger partial charge in [-0.1, -0.05) is 47.1 Å². The zero-order valence-electron chi connectivity index (χ0n) is 8.50. The smallest absolute Gasteiger partial charge is 0.150 e. The van der Waals surface area contributed by atoms with Crippen molar-refractivity contribution in [3.05, 3.63) is 40.9 Å². The number of oxime groups is 1. The molecule has 0 amide bonds. The second kappa shape index (κ2) is 5.51. The quantitative estimate of drug-likeness (QED) is 0.571. The van der Waals surface area contributed by atoms with Crippen molar-refractivity contribution in [1.82, 2.24) is 0 Å². The van der Waals surface area contributed by atoms with Gasteiger partial charge in [0.15, 0.2) is 5.83 Å².